The average Bonchev–Trinajstić information content (AvgIpc) is 3.16. The highest BCUT2D eigenvalue weighted by Crippen LogP contribution is 2.22. The molecule has 0 aliphatic heterocycles. The van der Waals surface area contributed by atoms with Crippen LogP contribution < -0.4 is 4.74 Å². The molecule has 26 heavy (non-hydrogen) atoms. The third kappa shape index (κ3) is 4.67. The molecular formula is C20H25N5O. The molecule has 1 aromatic carbocycles. The van der Waals surface area contributed by atoms with E-state index >= 15 is 0 Å². The number of methoxy groups -OCH3 is 1. The molecule has 0 saturated carbocycles. The summed E-state index contributed by atoms with van der Waals surface area (Å²) in [6.45, 7) is 3.74. The summed E-state index contributed by atoms with van der Waals surface area (Å²) in [6, 6.07) is 12.8. The van der Waals surface area contributed by atoms with E-state index in [1.807, 2.05) is 24.4 Å². The first-order chi connectivity index (χ1) is 12.7. The second-order valence-corrected chi connectivity index (χ2v) is 6.53. The van der Waals surface area contributed by atoms with Crippen LogP contribution in [-0.2, 0) is 19.5 Å². The van der Waals surface area contributed by atoms with E-state index in [0.717, 1.165) is 30.0 Å². The summed E-state index contributed by atoms with van der Waals surface area (Å²) in [5.41, 5.74) is 3.46. The first-order valence-corrected chi connectivity index (χ1v) is 8.74. The first-order valence-electron chi connectivity index (χ1n) is 8.74. The van der Waals surface area contributed by atoms with E-state index in [4.69, 9.17) is 4.74 Å². The lowest BCUT2D eigenvalue weighted by molar-refractivity contribution is 0.246. The number of pyridine rings is 1. The van der Waals surface area contributed by atoms with E-state index in [2.05, 4.69) is 52.1 Å². The zero-order valence-electron chi connectivity index (χ0n) is 15.5. The molecule has 0 radical (unpaired) electrons. The molecule has 3 aromatic rings. The fourth-order valence-corrected chi connectivity index (χ4v) is 2.96. The molecule has 1 atom stereocenters. The Hall–Kier alpha value is -2.73. The normalized spacial score (nSPS) is 12.3. The number of benzene rings is 1. The van der Waals surface area contributed by atoms with Gasteiger partial charge in [-0.2, -0.15) is 5.10 Å². The van der Waals surface area contributed by atoms with Crippen molar-refractivity contribution in [3.8, 4) is 5.75 Å². The summed E-state index contributed by atoms with van der Waals surface area (Å²) in [6.07, 6.45) is 6.04. The van der Waals surface area contributed by atoms with Gasteiger partial charge < -0.3 is 4.74 Å². The molecule has 3 rings (SSSR count). The SMILES string of the molecule is COc1ccc(CN(C)[C@@H](C)Cc2ccccn2)cc1Cn1cncn1. The molecule has 0 N–H and O–H groups in total. The van der Waals surface area contributed by atoms with Crippen molar-refractivity contribution >= 4 is 0 Å². The van der Waals surface area contributed by atoms with Crippen molar-refractivity contribution < 1.29 is 4.74 Å². The molecule has 6 nitrogen and oxygen atoms in total. The van der Waals surface area contributed by atoms with E-state index < -0.39 is 0 Å². The van der Waals surface area contributed by atoms with Crippen LogP contribution in [0.5, 0.6) is 5.75 Å². The highest BCUT2D eigenvalue weighted by atomic mass is 16.5. The summed E-state index contributed by atoms with van der Waals surface area (Å²) in [4.78, 5) is 10.8. The number of hydrogen-bond acceptors (Lipinski definition) is 5. The van der Waals surface area contributed by atoms with Gasteiger partial charge in [0.1, 0.15) is 18.4 Å². The number of ether oxygens (including phenoxy) is 1. The van der Waals surface area contributed by atoms with Crippen molar-refractivity contribution in [3.63, 3.8) is 0 Å². The van der Waals surface area contributed by atoms with Gasteiger partial charge in [0.2, 0.25) is 0 Å². The lowest BCUT2D eigenvalue weighted by Gasteiger charge is -2.25. The zero-order valence-corrected chi connectivity index (χ0v) is 15.5. The van der Waals surface area contributed by atoms with Crippen LogP contribution >= 0.6 is 0 Å². The fraction of sp³-hybridized carbons (Fsp3) is 0.350. The number of hydrogen-bond donors (Lipinski definition) is 0. The van der Waals surface area contributed by atoms with Gasteiger partial charge in [0.15, 0.2) is 0 Å². The topological polar surface area (TPSA) is 56.1 Å². The molecule has 0 bridgehead atoms. The molecule has 0 saturated heterocycles. The Balaban J connectivity index is 1.68. The van der Waals surface area contributed by atoms with Crippen molar-refractivity contribution in [1.29, 1.82) is 0 Å². The number of nitrogens with zero attached hydrogens (tertiary/aromatic N) is 5. The Morgan fingerprint density at radius 3 is 2.81 bits per heavy atom. The van der Waals surface area contributed by atoms with Crippen LogP contribution in [0.2, 0.25) is 0 Å². The summed E-state index contributed by atoms with van der Waals surface area (Å²) in [5.74, 6) is 0.869. The van der Waals surface area contributed by atoms with Gasteiger partial charge in [-0.05, 0) is 43.8 Å². The van der Waals surface area contributed by atoms with Crippen molar-refractivity contribution in [2.45, 2.75) is 32.5 Å². The minimum atomic E-state index is 0.394. The van der Waals surface area contributed by atoms with Crippen LogP contribution in [0.1, 0.15) is 23.7 Å². The number of rotatable bonds is 8. The van der Waals surface area contributed by atoms with Gasteiger partial charge in [-0.3, -0.25) is 9.88 Å². The fourth-order valence-electron chi connectivity index (χ4n) is 2.96. The number of likely N-dealkylation sites (N-methyl/N-ethyl adjacent to an activating group) is 1. The third-order valence-electron chi connectivity index (χ3n) is 4.56. The Labute approximate surface area is 154 Å². The molecule has 0 unspecified atom stereocenters. The van der Waals surface area contributed by atoms with Crippen molar-refractivity contribution in [2.75, 3.05) is 14.2 Å². The number of aromatic nitrogens is 4. The van der Waals surface area contributed by atoms with Gasteiger partial charge in [0.05, 0.1) is 13.7 Å². The predicted molar refractivity (Wildman–Crippen MR) is 101 cm³/mol. The van der Waals surface area contributed by atoms with Gasteiger partial charge in [0.25, 0.3) is 0 Å². The van der Waals surface area contributed by atoms with Crippen LogP contribution in [-0.4, -0.2) is 44.8 Å². The van der Waals surface area contributed by atoms with E-state index in [-0.39, 0.29) is 0 Å². The minimum Gasteiger partial charge on any atom is -0.496 e. The maximum absolute atomic E-state index is 5.50. The lowest BCUT2D eigenvalue weighted by atomic mass is 10.1. The molecule has 0 fully saturated rings. The van der Waals surface area contributed by atoms with Crippen LogP contribution in [0.15, 0.2) is 55.2 Å². The van der Waals surface area contributed by atoms with Crippen LogP contribution in [0, 0.1) is 0 Å². The monoisotopic (exact) mass is 351 g/mol. The second-order valence-electron chi connectivity index (χ2n) is 6.53. The minimum absolute atomic E-state index is 0.394. The van der Waals surface area contributed by atoms with E-state index in [1.54, 1.807) is 24.4 Å². The Kier molecular flexibility index (Phi) is 5.96. The second kappa shape index (κ2) is 8.58. The summed E-state index contributed by atoms with van der Waals surface area (Å²) in [7, 11) is 3.84. The smallest absolute Gasteiger partial charge is 0.137 e. The first kappa shape index (κ1) is 18.1. The van der Waals surface area contributed by atoms with E-state index in [1.165, 1.54) is 5.56 Å². The zero-order chi connectivity index (χ0) is 18.4. The highest BCUT2D eigenvalue weighted by molar-refractivity contribution is 5.37. The highest BCUT2D eigenvalue weighted by Gasteiger charge is 2.13. The molecule has 0 spiro atoms. The van der Waals surface area contributed by atoms with Gasteiger partial charge >= 0.3 is 0 Å². The van der Waals surface area contributed by atoms with Crippen molar-refractivity contribution in [2.24, 2.45) is 0 Å². The Bertz CT molecular complexity index is 804. The molecule has 0 aliphatic rings. The summed E-state index contributed by atoms with van der Waals surface area (Å²) in [5, 5.41) is 4.19. The maximum Gasteiger partial charge on any atom is 0.137 e. The van der Waals surface area contributed by atoms with Gasteiger partial charge in [0, 0.05) is 36.5 Å². The summed E-state index contributed by atoms with van der Waals surface area (Å²) < 4.78 is 7.30. The molecule has 2 heterocycles. The Morgan fingerprint density at radius 1 is 1.23 bits per heavy atom. The third-order valence-corrected chi connectivity index (χ3v) is 4.56. The predicted octanol–water partition coefficient (Wildman–Crippen LogP) is 2.79. The lowest BCUT2D eigenvalue weighted by Crippen LogP contribution is -2.30. The van der Waals surface area contributed by atoms with E-state index in [9.17, 15) is 0 Å². The molecule has 6 heteroatoms. The van der Waals surface area contributed by atoms with E-state index in [0.29, 0.717) is 12.6 Å². The van der Waals surface area contributed by atoms with Crippen molar-refractivity contribution in [1.82, 2.24) is 24.6 Å². The molecular weight excluding hydrogens is 326 g/mol. The quantitative estimate of drug-likeness (QED) is 0.625. The van der Waals surface area contributed by atoms with Gasteiger partial charge in [-0.25, -0.2) is 9.67 Å². The molecule has 2 aromatic heterocycles. The van der Waals surface area contributed by atoms with Crippen LogP contribution in [0.3, 0.4) is 0 Å². The van der Waals surface area contributed by atoms with Gasteiger partial charge in [-0.15, -0.1) is 0 Å². The standard InChI is InChI=1S/C20H25N5O/c1-16(10-19-6-4-5-9-22-19)24(2)12-17-7-8-20(26-3)18(11-17)13-25-15-21-14-23-25/h4-9,11,14-16H,10,12-13H2,1-3H3/t16-/m0/s1. The molecule has 0 amide bonds. The van der Waals surface area contributed by atoms with Crippen molar-refractivity contribution in [3.05, 3.63) is 72.1 Å². The van der Waals surface area contributed by atoms with Crippen LogP contribution in [0.25, 0.3) is 0 Å². The molecule has 136 valence electrons. The molecule has 0 aliphatic carbocycles. The van der Waals surface area contributed by atoms with Gasteiger partial charge in [-0.1, -0.05) is 12.1 Å². The Morgan fingerprint density at radius 2 is 2.12 bits per heavy atom. The summed E-state index contributed by atoms with van der Waals surface area (Å²) >= 11 is 0. The largest absolute Gasteiger partial charge is 0.496 e. The average molecular weight is 351 g/mol. The maximum atomic E-state index is 5.50. The van der Waals surface area contributed by atoms with Crippen LogP contribution in [0.4, 0.5) is 0 Å².